The van der Waals surface area contributed by atoms with Gasteiger partial charge in [-0.2, -0.15) is 4.98 Å². The van der Waals surface area contributed by atoms with E-state index in [-0.39, 0.29) is 18.2 Å². The number of carbonyl (C=O) groups is 2. The summed E-state index contributed by atoms with van der Waals surface area (Å²) in [5.74, 6) is 0.518. The minimum Gasteiger partial charge on any atom is -0.339 e. The standard InChI is InChI=1S/C19H17ClN4O3/c1-12(25)21-15-6-8-16(9-7-15)22-17(26)10-11-18-23-19(24-27-18)13-2-4-14(20)5-3-13/h2-9H,10-11H2,1H3,(H,21,25)(H,22,26). The summed E-state index contributed by atoms with van der Waals surface area (Å²) in [6, 6.07) is 14.0. The zero-order chi connectivity index (χ0) is 19.2. The van der Waals surface area contributed by atoms with Gasteiger partial charge in [0.2, 0.25) is 23.5 Å². The van der Waals surface area contributed by atoms with Crippen molar-refractivity contribution in [1.82, 2.24) is 10.1 Å². The largest absolute Gasteiger partial charge is 0.339 e. The van der Waals surface area contributed by atoms with Crippen LogP contribution in [-0.2, 0) is 16.0 Å². The quantitative estimate of drug-likeness (QED) is 0.671. The molecule has 0 saturated carbocycles. The van der Waals surface area contributed by atoms with Crippen molar-refractivity contribution in [2.75, 3.05) is 10.6 Å². The lowest BCUT2D eigenvalue weighted by molar-refractivity contribution is -0.116. The third-order valence-corrected chi connectivity index (χ3v) is 3.88. The minimum absolute atomic E-state index is 0.149. The Hall–Kier alpha value is -3.19. The molecule has 2 aromatic carbocycles. The lowest BCUT2D eigenvalue weighted by Crippen LogP contribution is -2.12. The SMILES string of the molecule is CC(=O)Nc1ccc(NC(=O)CCc2nc(-c3ccc(Cl)cc3)no2)cc1. The van der Waals surface area contributed by atoms with Gasteiger partial charge in [-0.25, -0.2) is 0 Å². The Morgan fingerprint density at radius 1 is 1.00 bits per heavy atom. The predicted molar refractivity (Wildman–Crippen MR) is 102 cm³/mol. The van der Waals surface area contributed by atoms with E-state index in [9.17, 15) is 9.59 Å². The van der Waals surface area contributed by atoms with Crippen LogP contribution in [0.4, 0.5) is 11.4 Å². The molecule has 0 aliphatic heterocycles. The first kappa shape index (κ1) is 18.6. The Labute approximate surface area is 160 Å². The van der Waals surface area contributed by atoms with Gasteiger partial charge in [-0.1, -0.05) is 16.8 Å². The molecule has 0 atom stereocenters. The molecule has 2 amide bonds. The number of benzene rings is 2. The van der Waals surface area contributed by atoms with Crippen molar-refractivity contribution < 1.29 is 14.1 Å². The second-order valence-electron chi connectivity index (χ2n) is 5.83. The van der Waals surface area contributed by atoms with Gasteiger partial charge in [-0.3, -0.25) is 9.59 Å². The highest BCUT2D eigenvalue weighted by molar-refractivity contribution is 6.30. The van der Waals surface area contributed by atoms with Crippen LogP contribution in [0.15, 0.2) is 53.1 Å². The molecule has 7 nitrogen and oxygen atoms in total. The number of nitrogens with one attached hydrogen (secondary N) is 2. The molecule has 0 aliphatic carbocycles. The van der Waals surface area contributed by atoms with Crippen LogP contribution in [0.25, 0.3) is 11.4 Å². The highest BCUT2D eigenvalue weighted by Gasteiger charge is 2.11. The first-order valence-electron chi connectivity index (χ1n) is 8.25. The summed E-state index contributed by atoms with van der Waals surface area (Å²) in [5, 5.41) is 9.99. The first-order valence-corrected chi connectivity index (χ1v) is 8.63. The van der Waals surface area contributed by atoms with Gasteiger partial charge in [0.25, 0.3) is 0 Å². The molecule has 3 rings (SSSR count). The molecule has 27 heavy (non-hydrogen) atoms. The Balaban J connectivity index is 1.52. The number of anilines is 2. The van der Waals surface area contributed by atoms with Gasteiger partial charge in [-0.15, -0.1) is 0 Å². The number of aromatic nitrogens is 2. The third kappa shape index (κ3) is 5.39. The Morgan fingerprint density at radius 3 is 2.26 bits per heavy atom. The average molecular weight is 385 g/mol. The van der Waals surface area contributed by atoms with E-state index < -0.39 is 0 Å². The molecule has 0 aliphatic rings. The fourth-order valence-corrected chi connectivity index (χ4v) is 2.48. The molecule has 1 aromatic heterocycles. The van der Waals surface area contributed by atoms with E-state index in [0.29, 0.717) is 34.5 Å². The lowest BCUT2D eigenvalue weighted by atomic mass is 10.2. The Morgan fingerprint density at radius 2 is 1.63 bits per heavy atom. The number of halogens is 1. The molecule has 0 saturated heterocycles. The summed E-state index contributed by atoms with van der Waals surface area (Å²) < 4.78 is 5.19. The van der Waals surface area contributed by atoms with Crippen LogP contribution in [0.3, 0.4) is 0 Å². The summed E-state index contributed by atoms with van der Waals surface area (Å²) in [4.78, 5) is 27.4. The van der Waals surface area contributed by atoms with Gasteiger partial charge >= 0.3 is 0 Å². The van der Waals surface area contributed by atoms with Gasteiger partial charge < -0.3 is 15.2 Å². The molecular weight excluding hydrogens is 368 g/mol. The second-order valence-corrected chi connectivity index (χ2v) is 6.26. The molecule has 1 heterocycles. The first-order chi connectivity index (χ1) is 13.0. The third-order valence-electron chi connectivity index (χ3n) is 3.63. The van der Waals surface area contributed by atoms with Crippen molar-refractivity contribution in [2.24, 2.45) is 0 Å². The molecule has 3 aromatic rings. The lowest BCUT2D eigenvalue weighted by Gasteiger charge is -2.06. The van der Waals surface area contributed by atoms with Gasteiger partial charge in [0.15, 0.2) is 0 Å². The Kier molecular flexibility index (Phi) is 5.83. The fraction of sp³-hybridized carbons (Fsp3) is 0.158. The summed E-state index contributed by atoms with van der Waals surface area (Å²) in [5.41, 5.74) is 2.10. The van der Waals surface area contributed by atoms with E-state index in [1.54, 1.807) is 48.5 Å². The maximum atomic E-state index is 12.1. The normalized spacial score (nSPS) is 10.4. The number of nitrogens with zero attached hydrogens (tertiary/aromatic N) is 2. The van der Waals surface area contributed by atoms with Crippen LogP contribution in [0.1, 0.15) is 19.2 Å². The van der Waals surface area contributed by atoms with Crippen molar-refractivity contribution >= 4 is 34.8 Å². The van der Waals surface area contributed by atoms with Crippen LogP contribution in [0.5, 0.6) is 0 Å². The van der Waals surface area contributed by atoms with Crippen molar-refractivity contribution in [3.05, 3.63) is 59.4 Å². The van der Waals surface area contributed by atoms with E-state index in [0.717, 1.165) is 5.56 Å². The zero-order valence-corrected chi connectivity index (χ0v) is 15.3. The highest BCUT2D eigenvalue weighted by atomic mass is 35.5. The van der Waals surface area contributed by atoms with Gasteiger partial charge in [0.1, 0.15) is 0 Å². The van der Waals surface area contributed by atoms with Crippen molar-refractivity contribution in [3.8, 4) is 11.4 Å². The molecule has 0 fully saturated rings. The van der Waals surface area contributed by atoms with Crippen molar-refractivity contribution in [2.45, 2.75) is 19.8 Å². The van der Waals surface area contributed by atoms with Crippen LogP contribution in [0, 0.1) is 0 Å². The van der Waals surface area contributed by atoms with Gasteiger partial charge in [0.05, 0.1) is 0 Å². The van der Waals surface area contributed by atoms with E-state index >= 15 is 0 Å². The van der Waals surface area contributed by atoms with Gasteiger partial charge in [-0.05, 0) is 48.5 Å². The van der Waals surface area contributed by atoms with E-state index in [1.807, 2.05) is 0 Å². The maximum Gasteiger partial charge on any atom is 0.227 e. The molecule has 0 unspecified atom stereocenters. The van der Waals surface area contributed by atoms with Crippen LogP contribution in [0.2, 0.25) is 5.02 Å². The summed E-state index contributed by atoms with van der Waals surface area (Å²) in [6.07, 6.45) is 0.534. The monoisotopic (exact) mass is 384 g/mol. The van der Waals surface area contributed by atoms with Crippen molar-refractivity contribution in [3.63, 3.8) is 0 Å². The molecule has 0 spiro atoms. The van der Waals surface area contributed by atoms with E-state index in [1.165, 1.54) is 6.92 Å². The van der Waals surface area contributed by atoms with Gasteiger partial charge in [0, 0.05) is 41.7 Å². The number of carbonyl (C=O) groups excluding carboxylic acids is 2. The summed E-state index contributed by atoms with van der Waals surface area (Å²) >= 11 is 5.86. The number of amides is 2. The number of hydrogen-bond donors (Lipinski definition) is 2. The number of aryl methyl sites for hydroxylation is 1. The molecule has 8 heteroatoms. The van der Waals surface area contributed by atoms with Crippen LogP contribution in [-0.4, -0.2) is 22.0 Å². The van der Waals surface area contributed by atoms with E-state index in [2.05, 4.69) is 20.8 Å². The molecular formula is C19H17ClN4O3. The second kappa shape index (κ2) is 8.46. The molecule has 2 N–H and O–H groups in total. The zero-order valence-electron chi connectivity index (χ0n) is 14.5. The van der Waals surface area contributed by atoms with Crippen LogP contribution < -0.4 is 10.6 Å². The predicted octanol–water partition coefficient (Wildman–Crippen LogP) is 3.92. The van der Waals surface area contributed by atoms with Crippen LogP contribution >= 0.6 is 11.6 Å². The smallest absolute Gasteiger partial charge is 0.227 e. The number of rotatable bonds is 6. The average Bonchev–Trinajstić information content (AvgIpc) is 3.11. The van der Waals surface area contributed by atoms with E-state index in [4.69, 9.17) is 16.1 Å². The molecule has 138 valence electrons. The Bertz CT molecular complexity index is 936. The maximum absolute atomic E-state index is 12.1. The topological polar surface area (TPSA) is 97.1 Å². The number of hydrogen-bond acceptors (Lipinski definition) is 5. The highest BCUT2D eigenvalue weighted by Crippen LogP contribution is 2.19. The fourth-order valence-electron chi connectivity index (χ4n) is 2.36. The minimum atomic E-state index is -0.173. The summed E-state index contributed by atoms with van der Waals surface area (Å²) in [7, 11) is 0. The van der Waals surface area contributed by atoms with Crippen molar-refractivity contribution in [1.29, 1.82) is 0 Å². The molecule has 0 radical (unpaired) electrons. The molecule has 0 bridgehead atoms. The summed E-state index contributed by atoms with van der Waals surface area (Å²) in [6.45, 7) is 1.44.